The summed E-state index contributed by atoms with van der Waals surface area (Å²) in [6.07, 6.45) is 1.57. The second-order valence-electron chi connectivity index (χ2n) is 4.48. The van der Waals surface area contributed by atoms with Gasteiger partial charge in [0.15, 0.2) is 0 Å². The van der Waals surface area contributed by atoms with E-state index in [1.807, 2.05) is 0 Å². The Balaban J connectivity index is 2.26. The monoisotopic (exact) mass is 288 g/mol. The number of aliphatic carboxylic acids is 1. The molecule has 0 spiro atoms. The van der Waals surface area contributed by atoms with Crippen LogP contribution in [0.15, 0.2) is 42.6 Å². The molecular weight excluding hydrogens is 272 g/mol. The summed E-state index contributed by atoms with van der Waals surface area (Å²) in [4.78, 5) is 24.7. The molecule has 0 saturated carbocycles. The van der Waals surface area contributed by atoms with Gasteiger partial charge < -0.3 is 19.3 Å². The van der Waals surface area contributed by atoms with Gasteiger partial charge in [0.2, 0.25) is 0 Å². The van der Waals surface area contributed by atoms with E-state index in [1.165, 1.54) is 9.47 Å². The molecule has 21 heavy (non-hydrogen) atoms. The number of hydrogen-bond donors (Lipinski definition) is 1. The third kappa shape index (κ3) is 3.22. The van der Waals surface area contributed by atoms with E-state index in [9.17, 15) is 9.59 Å². The topological polar surface area (TPSA) is 71.8 Å². The number of ether oxygens (including phenoxy) is 1. The quantitative estimate of drug-likeness (QED) is 0.911. The summed E-state index contributed by atoms with van der Waals surface area (Å²) < 4.78 is 6.54. The molecule has 1 N–H and O–H groups in total. The largest absolute Gasteiger partial charge is 0.497 e. The predicted molar refractivity (Wildman–Crippen MR) is 77.8 cm³/mol. The maximum atomic E-state index is 12.5. The standard InChI is InChI=1S/C15H16N2O4/c1-16(11-5-3-6-12(9-11)21-2)15(20)13-7-4-8-17(13)10-14(18)19/h3-9H,10H2,1-2H3,(H,18,19). The van der Waals surface area contributed by atoms with Crippen molar-refractivity contribution in [3.05, 3.63) is 48.3 Å². The van der Waals surface area contributed by atoms with Crippen molar-refractivity contribution in [2.45, 2.75) is 6.54 Å². The van der Waals surface area contributed by atoms with Crippen molar-refractivity contribution in [1.82, 2.24) is 4.57 Å². The Bertz CT molecular complexity index is 663. The third-order valence-electron chi connectivity index (χ3n) is 3.10. The van der Waals surface area contributed by atoms with Crippen LogP contribution in [0.5, 0.6) is 5.75 Å². The van der Waals surface area contributed by atoms with Crippen molar-refractivity contribution in [2.24, 2.45) is 0 Å². The molecule has 0 aliphatic heterocycles. The molecule has 1 amide bonds. The van der Waals surface area contributed by atoms with E-state index >= 15 is 0 Å². The van der Waals surface area contributed by atoms with Gasteiger partial charge in [-0.2, -0.15) is 0 Å². The van der Waals surface area contributed by atoms with Gasteiger partial charge in [-0.25, -0.2) is 0 Å². The Hall–Kier alpha value is -2.76. The normalized spacial score (nSPS) is 10.2. The lowest BCUT2D eigenvalue weighted by Crippen LogP contribution is -2.29. The molecule has 0 saturated heterocycles. The van der Waals surface area contributed by atoms with Crippen molar-refractivity contribution in [3.63, 3.8) is 0 Å². The molecule has 0 atom stereocenters. The van der Waals surface area contributed by atoms with Crippen LogP contribution in [0.4, 0.5) is 5.69 Å². The second-order valence-corrected chi connectivity index (χ2v) is 4.48. The summed E-state index contributed by atoms with van der Waals surface area (Å²) in [5, 5.41) is 8.85. The highest BCUT2D eigenvalue weighted by Gasteiger charge is 2.18. The Labute approximate surface area is 122 Å². The summed E-state index contributed by atoms with van der Waals surface area (Å²) in [7, 11) is 3.19. The molecule has 0 aliphatic rings. The molecule has 1 aromatic carbocycles. The predicted octanol–water partition coefficient (Wildman–Crippen LogP) is 1.86. The zero-order valence-corrected chi connectivity index (χ0v) is 11.8. The lowest BCUT2D eigenvalue weighted by atomic mass is 10.2. The smallest absolute Gasteiger partial charge is 0.323 e. The highest BCUT2D eigenvalue weighted by Crippen LogP contribution is 2.21. The SMILES string of the molecule is COc1cccc(N(C)C(=O)c2cccn2CC(=O)O)c1. The fourth-order valence-electron chi connectivity index (χ4n) is 2.00. The minimum atomic E-state index is -0.996. The maximum absolute atomic E-state index is 12.5. The number of benzene rings is 1. The van der Waals surface area contributed by atoms with Gasteiger partial charge in [0, 0.05) is 25.0 Å². The number of aromatic nitrogens is 1. The van der Waals surface area contributed by atoms with Crippen LogP contribution in [-0.4, -0.2) is 35.7 Å². The van der Waals surface area contributed by atoms with E-state index in [-0.39, 0.29) is 12.5 Å². The first-order valence-corrected chi connectivity index (χ1v) is 6.32. The highest BCUT2D eigenvalue weighted by atomic mass is 16.5. The Kier molecular flexibility index (Phi) is 4.27. The molecule has 2 rings (SSSR count). The minimum Gasteiger partial charge on any atom is -0.497 e. The number of anilines is 1. The van der Waals surface area contributed by atoms with Gasteiger partial charge >= 0.3 is 5.97 Å². The van der Waals surface area contributed by atoms with Crippen LogP contribution in [0.1, 0.15) is 10.5 Å². The number of hydrogen-bond acceptors (Lipinski definition) is 3. The first-order valence-electron chi connectivity index (χ1n) is 6.32. The molecular formula is C15H16N2O4. The van der Waals surface area contributed by atoms with Crippen LogP contribution in [0, 0.1) is 0 Å². The van der Waals surface area contributed by atoms with Crippen LogP contribution in [0.3, 0.4) is 0 Å². The summed E-state index contributed by atoms with van der Waals surface area (Å²) >= 11 is 0. The molecule has 6 heteroatoms. The second kappa shape index (κ2) is 6.13. The van der Waals surface area contributed by atoms with Crippen molar-refractivity contribution < 1.29 is 19.4 Å². The van der Waals surface area contributed by atoms with Crippen molar-refractivity contribution in [3.8, 4) is 5.75 Å². The van der Waals surface area contributed by atoms with Gasteiger partial charge in [-0.3, -0.25) is 9.59 Å². The molecule has 0 radical (unpaired) electrons. The number of carbonyl (C=O) groups excluding carboxylic acids is 1. The highest BCUT2D eigenvalue weighted by molar-refractivity contribution is 6.05. The van der Waals surface area contributed by atoms with E-state index in [1.54, 1.807) is 56.8 Å². The number of methoxy groups -OCH3 is 1. The van der Waals surface area contributed by atoms with E-state index < -0.39 is 5.97 Å². The molecule has 110 valence electrons. The number of nitrogens with zero attached hydrogens (tertiary/aromatic N) is 2. The molecule has 0 bridgehead atoms. The van der Waals surface area contributed by atoms with Gasteiger partial charge in [-0.15, -0.1) is 0 Å². The summed E-state index contributed by atoms with van der Waals surface area (Å²) in [6.45, 7) is -0.250. The van der Waals surface area contributed by atoms with Gasteiger partial charge in [0.1, 0.15) is 18.0 Å². The first-order chi connectivity index (χ1) is 10.0. The summed E-state index contributed by atoms with van der Waals surface area (Å²) in [6, 6.07) is 10.3. The Morgan fingerprint density at radius 1 is 1.29 bits per heavy atom. The number of carbonyl (C=O) groups is 2. The minimum absolute atomic E-state index is 0.250. The van der Waals surface area contributed by atoms with Crippen LogP contribution >= 0.6 is 0 Å². The van der Waals surface area contributed by atoms with Crippen molar-refractivity contribution >= 4 is 17.6 Å². The lowest BCUT2D eigenvalue weighted by molar-refractivity contribution is -0.137. The molecule has 0 unspecified atom stereocenters. The number of rotatable bonds is 5. The molecule has 1 aromatic heterocycles. The number of amides is 1. The zero-order chi connectivity index (χ0) is 15.4. The van der Waals surface area contributed by atoms with Gasteiger partial charge in [-0.05, 0) is 24.3 Å². The van der Waals surface area contributed by atoms with Crippen molar-refractivity contribution in [2.75, 3.05) is 19.1 Å². The van der Waals surface area contributed by atoms with Crippen LogP contribution in [0.25, 0.3) is 0 Å². The molecule has 1 heterocycles. The Morgan fingerprint density at radius 2 is 2.05 bits per heavy atom. The first kappa shape index (κ1) is 14.6. The summed E-state index contributed by atoms with van der Waals surface area (Å²) in [5.74, 6) is -0.633. The summed E-state index contributed by atoms with van der Waals surface area (Å²) in [5.41, 5.74) is 0.991. The third-order valence-corrected chi connectivity index (χ3v) is 3.10. The number of carboxylic acids is 1. The van der Waals surface area contributed by atoms with Gasteiger partial charge in [0.25, 0.3) is 5.91 Å². The average Bonchev–Trinajstić information content (AvgIpc) is 2.93. The fraction of sp³-hybridized carbons (Fsp3) is 0.200. The lowest BCUT2D eigenvalue weighted by Gasteiger charge is -2.18. The number of carboxylic acid groups (broad SMARTS) is 1. The van der Waals surface area contributed by atoms with Gasteiger partial charge in [0.05, 0.1) is 7.11 Å². The molecule has 2 aromatic rings. The van der Waals surface area contributed by atoms with Crippen LogP contribution in [-0.2, 0) is 11.3 Å². The Morgan fingerprint density at radius 3 is 2.71 bits per heavy atom. The van der Waals surface area contributed by atoms with E-state index in [0.717, 1.165) is 0 Å². The fourth-order valence-corrected chi connectivity index (χ4v) is 2.00. The molecule has 0 fully saturated rings. The molecule has 0 aliphatic carbocycles. The van der Waals surface area contributed by atoms with Crippen LogP contribution in [0.2, 0.25) is 0 Å². The molecule has 6 nitrogen and oxygen atoms in total. The van der Waals surface area contributed by atoms with Crippen LogP contribution < -0.4 is 9.64 Å². The van der Waals surface area contributed by atoms with E-state index in [0.29, 0.717) is 17.1 Å². The zero-order valence-electron chi connectivity index (χ0n) is 11.8. The van der Waals surface area contributed by atoms with Gasteiger partial charge in [-0.1, -0.05) is 6.07 Å². The maximum Gasteiger partial charge on any atom is 0.323 e. The average molecular weight is 288 g/mol. The van der Waals surface area contributed by atoms with Crippen molar-refractivity contribution in [1.29, 1.82) is 0 Å². The van der Waals surface area contributed by atoms with E-state index in [4.69, 9.17) is 9.84 Å². The van der Waals surface area contributed by atoms with E-state index in [2.05, 4.69) is 0 Å².